The molecule has 0 aliphatic carbocycles. The molecule has 0 radical (unpaired) electrons. The average molecular weight is 337 g/mol. The van der Waals surface area contributed by atoms with Crippen molar-refractivity contribution in [2.24, 2.45) is 0 Å². The molecule has 0 fully saturated rings. The zero-order valence-corrected chi connectivity index (χ0v) is 13.5. The van der Waals surface area contributed by atoms with Gasteiger partial charge in [-0.05, 0) is 0 Å². The third kappa shape index (κ3) is 2.43. The molecular weight excluding hydrogens is 323 g/mol. The molecule has 1 aromatic carbocycles. The summed E-state index contributed by atoms with van der Waals surface area (Å²) in [6.45, 7) is 6.30. The second-order valence-corrected chi connectivity index (χ2v) is 6.99. The van der Waals surface area contributed by atoms with Gasteiger partial charge in [-0.1, -0.05) is 0 Å². The summed E-state index contributed by atoms with van der Waals surface area (Å²) in [4.78, 5) is 5.88. The van der Waals surface area contributed by atoms with Gasteiger partial charge in [0.2, 0.25) is 0 Å². The van der Waals surface area contributed by atoms with E-state index in [-0.39, 0.29) is 21.0 Å². The molecule has 0 aliphatic heterocycles. The van der Waals surface area contributed by atoms with Crippen LogP contribution in [0.3, 0.4) is 0 Å². The second kappa shape index (κ2) is 5.04. The van der Waals surface area contributed by atoms with E-state index in [1.54, 1.807) is 11.3 Å². The summed E-state index contributed by atoms with van der Waals surface area (Å²) < 4.78 is 8.89. The first kappa shape index (κ1) is 12.8. The van der Waals surface area contributed by atoms with Gasteiger partial charge in [0.1, 0.15) is 0 Å². The zero-order chi connectivity index (χ0) is 13.4. The van der Waals surface area contributed by atoms with Crippen molar-refractivity contribution in [3.05, 3.63) is 33.8 Å². The fourth-order valence-electron chi connectivity index (χ4n) is 2.17. The minimum absolute atomic E-state index is 0.0104. The van der Waals surface area contributed by atoms with E-state index < -0.39 is 0 Å². The molecule has 2 aromatic heterocycles. The fraction of sp³-hybridized carbons (Fsp3) is 0.308. The van der Waals surface area contributed by atoms with Gasteiger partial charge in [-0.15, -0.1) is 0 Å². The summed E-state index contributed by atoms with van der Waals surface area (Å²) >= 11 is 1.75. The van der Waals surface area contributed by atoms with Crippen LogP contribution in [-0.2, 0) is 0 Å². The van der Waals surface area contributed by atoms with Crippen molar-refractivity contribution < 1.29 is 0 Å². The van der Waals surface area contributed by atoms with E-state index in [1.807, 2.05) is 19.1 Å². The Morgan fingerprint density at radius 3 is 2.84 bits per heavy atom. The van der Waals surface area contributed by atoms with Gasteiger partial charge in [-0.2, -0.15) is 0 Å². The van der Waals surface area contributed by atoms with Gasteiger partial charge in [0.25, 0.3) is 0 Å². The summed E-state index contributed by atoms with van der Waals surface area (Å²) in [6, 6.07) is 6.28. The number of hydrogen-bond donors (Lipinski definition) is 1. The van der Waals surface area contributed by atoms with Crippen LogP contribution >= 0.6 is 11.3 Å². The molecule has 0 spiro atoms. The number of anilines is 1. The van der Waals surface area contributed by atoms with Gasteiger partial charge in [-0.3, -0.25) is 0 Å². The standard InChI is InChI=1S/C13H14N4SSe/c1-7(12-8(2)18-9(3)15-12)14-10-5-4-6-11-13(10)17-19-16-11/h4-7,14H,1-3H3. The van der Waals surface area contributed by atoms with Crippen LogP contribution in [0.5, 0.6) is 0 Å². The summed E-state index contributed by atoms with van der Waals surface area (Å²) in [7, 11) is 0. The van der Waals surface area contributed by atoms with Crippen molar-refractivity contribution in [2.45, 2.75) is 26.8 Å². The van der Waals surface area contributed by atoms with E-state index in [2.05, 4.69) is 38.2 Å². The first-order valence-corrected chi connectivity index (χ1v) is 8.42. The molecule has 1 N–H and O–H groups in total. The van der Waals surface area contributed by atoms with E-state index in [1.165, 1.54) is 4.88 Å². The van der Waals surface area contributed by atoms with Crippen molar-refractivity contribution in [3.8, 4) is 0 Å². The Balaban J connectivity index is 1.92. The molecule has 6 heteroatoms. The summed E-state index contributed by atoms with van der Waals surface area (Å²) in [5, 5.41) is 4.63. The van der Waals surface area contributed by atoms with Crippen LogP contribution in [0.25, 0.3) is 11.0 Å². The zero-order valence-electron chi connectivity index (χ0n) is 11.0. The Labute approximate surface area is 122 Å². The number of rotatable bonds is 3. The van der Waals surface area contributed by atoms with Gasteiger partial charge in [-0.25, -0.2) is 0 Å². The van der Waals surface area contributed by atoms with Gasteiger partial charge >= 0.3 is 122 Å². The van der Waals surface area contributed by atoms with E-state index in [0.717, 1.165) is 27.4 Å². The average Bonchev–Trinajstić information content (AvgIpc) is 2.96. The molecule has 3 rings (SSSR count). The van der Waals surface area contributed by atoms with E-state index in [4.69, 9.17) is 0 Å². The van der Waals surface area contributed by atoms with Crippen molar-refractivity contribution in [1.29, 1.82) is 0 Å². The van der Waals surface area contributed by atoms with Crippen LogP contribution in [0.4, 0.5) is 5.69 Å². The molecule has 2 heterocycles. The topological polar surface area (TPSA) is 50.7 Å². The summed E-state index contributed by atoms with van der Waals surface area (Å²) in [6.07, 6.45) is 0. The molecule has 0 saturated carbocycles. The first-order valence-electron chi connectivity index (χ1n) is 6.07. The fourth-order valence-corrected chi connectivity index (χ4v) is 4.24. The van der Waals surface area contributed by atoms with Gasteiger partial charge < -0.3 is 0 Å². The Morgan fingerprint density at radius 1 is 1.26 bits per heavy atom. The van der Waals surface area contributed by atoms with E-state index in [9.17, 15) is 0 Å². The number of thiazole rings is 1. The van der Waals surface area contributed by atoms with Crippen molar-refractivity contribution in [2.75, 3.05) is 5.32 Å². The molecule has 0 amide bonds. The predicted octanol–water partition coefficient (Wildman–Crippen LogP) is 2.93. The van der Waals surface area contributed by atoms with Crippen LogP contribution in [-0.4, -0.2) is 27.9 Å². The first-order chi connectivity index (χ1) is 9.15. The molecule has 3 aromatic rings. The number of aromatic nitrogens is 3. The molecule has 1 atom stereocenters. The third-order valence-electron chi connectivity index (χ3n) is 3.01. The minimum atomic E-state index is 0.0104. The molecule has 0 aliphatic rings. The maximum absolute atomic E-state index is 4.61. The Hall–Kier alpha value is -1.23. The Kier molecular flexibility index (Phi) is 3.39. The van der Waals surface area contributed by atoms with Crippen LogP contribution in [0.1, 0.15) is 28.5 Å². The number of aryl methyl sites for hydroxylation is 2. The molecule has 0 saturated heterocycles. The van der Waals surface area contributed by atoms with Crippen LogP contribution in [0.2, 0.25) is 0 Å². The second-order valence-electron chi connectivity index (χ2n) is 4.48. The van der Waals surface area contributed by atoms with Crippen LogP contribution < -0.4 is 5.32 Å². The van der Waals surface area contributed by atoms with Gasteiger partial charge in [0, 0.05) is 0 Å². The molecule has 4 nitrogen and oxygen atoms in total. The summed E-state index contributed by atoms with van der Waals surface area (Å²) in [5.41, 5.74) is 4.18. The van der Waals surface area contributed by atoms with Gasteiger partial charge in [0.05, 0.1) is 0 Å². The SMILES string of the molecule is Cc1nc(C(C)Nc2cccc3n[se]nc23)c(C)s1. The molecular formula is C13H14N4SSe. The van der Waals surface area contributed by atoms with Crippen molar-refractivity contribution >= 4 is 43.0 Å². The number of nitrogens with zero attached hydrogens (tertiary/aromatic N) is 3. The number of nitrogens with one attached hydrogen (secondary N) is 1. The third-order valence-corrected chi connectivity index (χ3v) is 5.05. The molecule has 1 unspecified atom stereocenters. The Bertz CT molecular complexity index is 718. The van der Waals surface area contributed by atoms with Crippen molar-refractivity contribution in [1.82, 2.24) is 12.9 Å². The van der Waals surface area contributed by atoms with Crippen LogP contribution in [0, 0.1) is 13.8 Å². The van der Waals surface area contributed by atoms with E-state index >= 15 is 0 Å². The summed E-state index contributed by atoms with van der Waals surface area (Å²) in [5.74, 6) is 0. The normalized spacial score (nSPS) is 12.8. The Morgan fingerprint density at radius 2 is 2.11 bits per heavy atom. The van der Waals surface area contributed by atoms with Crippen molar-refractivity contribution in [3.63, 3.8) is 0 Å². The number of fused-ring (bicyclic) bond motifs is 1. The molecule has 98 valence electrons. The predicted molar refractivity (Wildman–Crippen MR) is 80.1 cm³/mol. The number of benzene rings is 1. The van der Waals surface area contributed by atoms with Crippen LogP contribution in [0.15, 0.2) is 18.2 Å². The number of hydrogen-bond acceptors (Lipinski definition) is 5. The monoisotopic (exact) mass is 338 g/mol. The molecule has 19 heavy (non-hydrogen) atoms. The molecule has 0 bridgehead atoms. The van der Waals surface area contributed by atoms with Gasteiger partial charge in [0.15, 0.2) is 0 Å². The quantitative estimate of drug-likeness (QED) is 0.747. The maximum atomic E-state index is 4.61. The van der Waals surface area contributed by atoms with E-state index in [0.29, 0.717) is 0 Å².